The van der Waals surface area contributed by atoms with Crippen molar-refractivity contribution >= 4 is 55.1 Å². The third-order valence-corrected chi connectivity index (χ3v) is 9.88. The van der Waals surface area contributed by atoms with Crippen LogP contribution in [0.5, 0.6) is 0 Å². The first kappa shape index (κ1) is 34.2. The van der Waals surface area contributed by atoms with E-state index in [-0.39, 0.29) is 29.5 Å². The van der Waals surface area contributed by atoms with Crippen LogP contribution >= 0.6 is 27.5 Å². The van der Waals surface area contributed by atoms with E-state index < -0.39 is 28.5 Å². The van der Waals surface area contributed by atoms with E-state index >= 15 is 0 Å². The predicted octanol–water partition coefficient (Wildman–Crippen LogP) is 7.16. The molecule has 0 saturated heterocycles. The van der Waals surface area contributed by atoms with Gasteiger partial charge >= 0.3 is 0 Å². The van der Waals surface area contributed by atoms with Crippen LogP contribution in [0, 0.1) is 6.92 Å². The van der Waals surface area contributed by atoms with E-state index in [1.165, 1.54) is 17.0 Å². The van der Waals surface area contributed by atoms with E-state index in [4.69, 9.17) is 11.6 Å². The lowest BCUT2D eigenvalue weighted by atomic mass is 10.0. The number of nitrogens with zero attached hydrogens (tertiary/aromatic N) is 2. The van der Waals surface area contributed by atoms with E-state index in [2.05, 4.69) is 21.2 Å². The maximum Gasteiger partial charge on any atom is 0.264 e. The predicted molar refractivity (Wildman–Crippen MR) is 184 cm³/mol. The minimum Gasteiger partial charge on any atom is -0.354 e. The molecule has 4 rings (SSSR count). The fraction of sp³-hybridized carbons (Fsp3) is 0.257. The molecule has 0 saturated carbocycles. The lowest BCUT2D eigenvalue weighted by molar-refractivity contribution is -0.140. The van der Waals surface area contributed by atoms with Gasteiger partial charge in [-0.3, -0.25) is 13.9 Å². The number of carbonyl (C=O) groups is 2. The van der Waals surface area contributed by atoms with Crippen LogP contribution in [0.15, 0.2) is 112 Å². The van der Waals surface area contributed by atoms with Crippen molar-refractivity contribution in [2.24, 2.45) is 0 Å². The number of sulfonamides is 1. The van der Waals surface area contributed by atoms with E-state index in [0.717, 1.165) is 38.3 Å². The molecular formula is C35H37BrClN3O4S. The van der Waals surface area contributed by atoms with Crippen molar-refractivity contribution in [2.45, 2.75) is 50.6 Å². The molecule has 0 radical (unpaired) electrons. The van der Waals surface area contributed by atoms with Crippen molar-refractivity contribution in [2.75, 3.05) is 17.4 Å². The molecule has 4 aromatic rings. The monoisotopic (exact) mass is 709 g/mol. The molecule has 1 N–H and O–H groups in total. The summed E-state index contributed by atoms with van der Waals surface area (Å²) in [5.74, 6) is -0.817. The summed E-state index contributed by atoms with van der Waals surface area (Å²) in [6.07, 6.45) is 1.95. The van der Waals surface area contributed by atoms with Crippen molar-refractivity contribution < 1.29 is 18.0 Å². The van der Waals surface area contributed by atoms with Gasteiger partial charge in [0, 0.05) is 29.0 Å². The van der Waals surface area contributed by atoms with Crippen molar-refractivity contribution in [1.82, 2.24) is 10.2 Å². The van der Waals surface area contributed by atoms with E-state index in [0.29, 0.717) is 11.6 Å². The molecule has 1 unspecified atom stereocenters. The average molecular weight is 711 g/mol. The smallest absolute Gasteiger partial charge is 0.264 e. The molecule has 0 aliphatic rings. The molecule has 0 heterocycles. The van der Waals surface area contributed by atoms with E-state index in [1.807, 2.05) is 68.4 Å². The van der Waals surface area contributed by atoms with Crippen molar-refractivity contribution in [1.29, 1.82) is 0 Å². The first-order valence-electron chi connectivity index (χ1n) is 14.8. The lowest BCUT2D eigenvalue weighted by Crippen LogP contribution is -2.53. The lowest BCUT2D eigenvalue weighted by Gasteiger charge is -2.34. The number of aryl methyl sites for hydroxylation is 1. The molecule has 0 fully saturated rings. The molecule has 236 valence electrons. The molecule has 0 aliphatic heterocycles. The van der Waals surface area contributed by atoms with Crippen LogP contribution in [0.3, 0.4) is 0 Å². The second kappa shape index (κ2) is 16.1. The Morgan fingerprint density at radius 2 is 1.56 bits per heavy atom. The molecule has 45 heavy (non-hydrogen) atoms. The Balaban J connectivity index is 1.78. The van der Waals surface area contributed by atoms with Gasteiger partial charge in [-0.05, 0) is 73.0 Å². The van der Waals surface area contributed by atoms with Gasteiger partial charge in [-0.1, -0.05) is 101 Å². The third kappa shape index (κ3) is 9.42. The number of benzene rings is 4. The van der Waals surface area contributed by atoms with Gasteiger partial charge in [-0.15, -0.1) is 0 Å². The maximum absolute atomic E-state index is 14.5. The zero-order valence-electron chi connectivity index (χ0n) is 25.3. The van der Waals surface area contributed by atoms with Crippen LogP contribution in [0.2, 0.25) is 5.02 Å². The highest BCUT2D eigenvalue weighted by molar-refractivity contribution is 9.10. The SMILES string of the molecule is CCCCNC(=O)C(Cc1ccccc1)N(Cc1cccc(Br)c1)C(=O)CN(c1ccc(Cl)cc1)S(=O)(=O)c1ccc(C)cc1. The van der Waals surface area contributed by atoms with Gasteiger partial charge in [0.2, 0.25) is 11.8 Å². The molecule has 4 aromatic carbocycles. The largest absolute Gasteiger partial charge is 0.354 e. The third-order valence-electron chi connectivity index (χ3n) is 7.35. The van der Waals surface area contributed by atoms with Crippen molar-refractivity contribution in [3.8, 4) is 0 Å². The Kier molecular flexibility index (Phi) is 12.2. The molecule has 2 amide bonds. The average Bonchev–Trinajstić information content (AvgIpc) is 3.02. The van der Waals surface area contributed by atoms with Crippen LogP contribution in [0.25, 0.3) is 0 Å². The fourth-order valence-electron chi connectivity index (χ4n) is 4.87. The number of anilines is 1. The first-order valence-corrected chi connectivity index (χ1v) is 17.4. The van der Waals surface area contributed by atoms with Gasteiger partial charge in [0.25, 0.3) is 10.0 Å². The number of unbranched alkanes of at least 4 members (excludes halogenated alkanes) is 1. The van der Waals surface area contributed by atoms with Gasteiger partial charge < -0.3 is 10.2 Å². The quantitative estimate of drug-likeness (QED) is 0.141. The normalized spacial score (nSPS) is 11.9. The zero-order chi connectivity index (χ0) is 32.4. The summed E-state index contributed by atoms with van der Waals surface area (Å²) in [4.78, 5) is 29.8. The Morgan fingerprint density at radius 3 is 2.20 bits per heavy atom. The summed E-state index contributed by atoms with van der Waals surface area (Å²) in [7, 11) is -4.18. The summed E-state index contributed by atoms with van der Waals surface area (Å²) < 4.78 is 30.1. The Labute approximate surface area is 279 Å². The molecule has 0 spiro atoms. The second-order valence-corrected chi connectivity index (χ2v) is 14.0. The number of amides is 2. The van der Waals surface area contributed by atoms with Gasteiger partial charge in [-0.2, -0.15) is 0 Å². The Morgan fingerprint density at radius 1 is 0.889 bits per heavy atom. The summed E-state index contributed by atoms with van der Waals surface area (Å²) in [6.45, 7) is 3.94. The van der Waals surface area contributed by atoms with Crippen molar-refractivity contribution in [3.05, 3.63) is 129 Å². The summed E-state index contributed by atoms with van der Waals surface area (Å²) >= 11 is 9.64. The molecule has 0 aromatic heterocycles. The second-order valence-electron chi connectivity index (χ2n) is 10.8. The van der Waals surface area contributed by atoms with Crippen LogP contribution in [0.4, 0.5) is 5.69 Å². The highest BCUT2D eigenvalue weighted by Crippen LogP contribution is 2.27. The Bertz CT molecular complexity index is 1680. The number of rotatable bonds is 14. The maximum atomic E-state index is 14.5. The van der Waals surface area contributed by atoms with Crippen molar-refractivity contribution in [3.63, 3.8) is 0 Å². The van der Waals surface area contributed by atoms with E-state index in [9.17, 15) is 18.0 Å². The number of halogens is 2. The number of hydrogen-bond acceptors (Lipinski definition) is 4. The summed E-state index contributed by atoms with van der Waals surface area (Å²) in [5, 5.41) is 3.43. The van der Waals surface area contributed by atoms with Crippen LogP contribution in [-0.2, 0) is 32.6 Å². The first-order chi connectivity index (χ1) is 21.6. The zero-order valence-corrected chi connectivity index (χ0v) is 28.5. The molecular weight excluding hydrogens is 674 g/mol. The molecule has 1 atom stereocenters. The van der Waals surface area contributed by atoms with Gasteiger partial charge in [0.15, 0.2) is 0 Å². The molecule has 10 heteroatoms. The Hall–Kier alpha value is -3.66. The number of nitrogens with one attached hydrogen (secondary N) is 1. The molecule has 0 aliphatic carbocycles. The minimum atomic E-state index is -4.18. The van der Waals surface area contributed by atoms with Crippen LogP contribution in [0.1, 0.15) is 36.5 Å². The fourth-order valence-corrected chi connectivity index (χ4v) is 6.85. The molecule has 7 nitrogen and oxygen atoms in total. The van der Waals surface area contributed by atoms with Gasteiger partial charge in [0.05, 0.1) is 10.6 Å². The molecule has 0 bridgehead atoms. The van der Waals surface area contributed by atoms with Crippen LogP contribution < -0.4 is 9.62 Å². The highest BCUT2D eigenvalue weighted by Gasteiger charge is 2.34. The summed E-state index contributed by atoms with van der Waals surface area (Å²) in [5.41, 5.74) is 2.85. The highest BCUT2D eigenvalue weighted by atomic mass is 79.9. The topological polar surface area (TPSA) is 86.8 Å². The minimum absolute atomic E-state index is 0.0486. The van der Waals surface area contributed by atoms with Gasteiger partial charge in [0.1, 0.15) is 12.6 Å². The van der Waals surface area contributed by atoms with Gasteiger partial charge in [-0.25, -0.2) is 8.42 Å². The number of hydrogen-bond donors (Lipinski definition) is 1. The van der Waals surface area contributed by atoms with E-state index in [1.54, 1.807) is 36.4 Å². The summed E-state index contributed by atoms with van der Waals surface area (Å²) in [6, 6.07) is 28.9. The number of carbonyl (C=O) groups excluding carboxylic acids is 2. The standard InChI is InChI=1S/C35H37BrClN3O4S/c1-3-4-21-38-35(42)33(23-27-9-6-5-7-10-27)39(24-28-11-8-12-29(36)22-28)34(41)25-40(31-17-15-30(37)16-18-31)45(43,44)32-19-13-26(2)14-20-32/h5-20,22,33H,3-4,21,23-25H2,1-2H3,(H,38,42). The van der Waals surface area contributed by atoms with Crippen LogP contribution in [-0.4, -0.2) is 44.3 Å².